The monoisotopic (exact) mass is 345 g/mol. The summed E-state index contributed by atoms with van der Waals surface area (Å²) in [4.78, 5) is 28.0. The van der Waals surface area contributed by atoms with Crippen LogP contribution in [0.5, 0.6) is 5.75 Å². The fourth-order valence-corrected chi connectivity index (χ4v) is 3.73. The van der Waals surface area contributed by atoms with Gasteiger partial charge >= 0.3 is 0 Å². The van der Waals surface area contributed by atoms with Gasteiger partial charge in [-0.25, -0.2) is 0 Å². The van der Waals surface area contributed by atoms with Crippen molar-refractivity contribution >= 4 is 17.5 Å². The van der Waals surface area contributed by atoms with Crippen molar-refractivity contribution in [3.05, 3.63) is 23.8 Å². The Bertz CT molecular complexity index is 659. The third-order valence-electron chi connectivity index (χ3n) is 5.28. The Hall–Kier alpha value is -2.08. The van der Waals surface area contributed by atoms with Gasteiger partial charge in [0.05, 0.1) is 0 Å². The van der Waals surface area contributed by atoms with E-state index in [0.717, 1.165) is 30.8 Å². The van der Waals surface area contributed by atoms with Crippen LogP contribution in [-0.2, 0) is 16.0 Å². The van der Waals surface area contributed by atoms with E-state index in [2.05, 4.69) is 31.2 Å². The van der Waals surface area contributed by atoms with E-state index in [4.69, 9.17) is 4.74 Å². The second-order valence-electron chi connectivity index (χ2n) is 7.15. The average Bonchev–Trinajstić information content (AvgIpc) is 3.04. The van der Waals surface area contributed by atoms with Crippen LogP contribution in [0.2, 0.25) is 0 Å². The van der Waals surface area contributed by atoms with Crippen LogP contribution < -0.4 is 10.1 Å². The Morgan fingerprint density at radius 3 is 2.80 bits per heavy atom. The van der Waals surface area contributed by atoms with Gasteiger partial charge in [-0.15, -0.1) is 0 Å². The molecule has 2 heterocycles. The summed E-state index contributed by atoms with van der Waals surface area (Å²) in [6, 6.07) is 5.99. The Morgan fingerprint density at radius 1 is 1.32 bits per heavy atom. The van der Waals surface area contributed by atoms with Gasteiger partial charge < -0.3 is 19.9 Å². The van der Waals surface area contributed by atoms with Crippen LogP contribution >= 0.6 is 0 Å². The van der Waals surface area contributed by atoms with E-state index in [1.807, 2.05) is 17.0 Å². The van der Waals surface area contributed by atoms with Crippen molar-refractivity contribution in [1.82, 2.24) is 9.80 Å². The van der Waals surface area contributed by atoms with Gasteiger partial charge in [-0.05, 0) is 50.2 Å². The maximum Gasteiger partial charge on any atom is 0.260 e. The maximum absolute atomic E-state index is 12.5. The van der Waals surface area contributed by atoms with Gasteiger partial charge in [0.2, 0.25) is 5.91 Å². The molecule has 1 aromatic carbocycles. The van der Waals surface area contributed by atoms with E-state index < -0.39 is 0 Å². The number of anilines is 1. The first-order valence-corrected chi connectivity index (χ1v) is 8.97. The minimum Gasteiger partial charge on any atom is -0.484 e. The van der Waals surface area contributed by atoms with Crippen LogP contribution in [0.4, 0.5) is 5.69 Å². The minimum atomic E-state index is 0.0359. The Labute approximate surface area is 149 Å². The largest absolute Gasteiger partial charge is 0.484 e. The van der Waals surface area contributed by atoms with Crippen LogP contribution in [0, 0.1) is 5.92 Å². The zero-order chi connectivity index (χ0) is 18.0. The molecule has 0 spiro atoms. The van der Waals surface area contributed by atoms with Crippen LogP contribution in [0.3, 0.4) is 0 Å². The molecule has 2 atom stereocenters. The van der Waals surface area contributed by atoms with Gasteiger partial charge in [-0.1, -0.05) is 13.3 Å². The molecule has 2 aliphatic heterocycles. The Kier molecular flexibility index (Phi) is 5.27. The van der Waals surface area contributed by atoms with Crippen molar-refractivity contribution in [2.45, 2.75) is 32.2 Å². The molecule has 25 heavy (non-hydrogen) atoms. The molecule has 3 rings (SSSR count). The number of carbonyl (C=O) groups is 2. The third-order valence-corrected chi connectivity index (χ3v) is 5.28. The molecule has 1 fully saturated rings. The summed E-state index contributed by atoms with van der Waals surface area (Å²) in [5.41, 5.74) is 1.90. The SMILES string of the molecule is CC[C@H]1CN(C(=O)COc2ccc3c(c2)CCC(=O)N3)C[C@H]1N(C)C. The smallest absolute Gasteiger partial charge is 0.260 e. The van der Waals surface area contributed by atoms with Crippen LogP contribution in [0.25, 0.3) is 0 Å². The van der Waals surface area contributed by atoms with E-state index in [9.17, 15) is 9.59 Å². The lowest BCUT2D eigenvalue weighted by molar-refractivity contribution is -0.132. The van der Waals surface area contributed by atoms with Crippen LogP contribution in [0.15, 0.2) is 18.2 Å². The highest BCUT2D eigenvalue weighted by Gasteiger charge is 2.35. The lowest BCUT2D eigenvalue weighted by Gasteiger charge is -2.23. The zero-order valence-corrected chi connectivity index (χ0v) is 15.2. The molecule has 0 saturated carbocycles. The summed E-state index contributed by atoms with van der Waals surface area (Å²) in [5, 5.41) is 2.85. The molecule has 6 heteroatoms. The molecule has 136 valence electrons. The van der Waals surface area contributed by atoms with E-state index in [1.54, 1.807) is 6.07 Å². The van der Waals surface area contributed by atoms with Crippen LogP contribution in [0.1, 0.15) is 25.3 Å². The van der Waals surface area contributed by atoms with Gasteiger partial charge in [0.25, 0.3) is 5.91 Å². The highest BCUT2D eigenvalue weighted by atomic mass is 16.5. The molecule has 0 radical (unpaired) electrons. The molecule has 0 aliphatic carbocycles. The fourth-order valence-electron chi connectivity index (χ4n) is 3.73. The molecule has 2 aliphatic rings. The lowest BCUT2D eigenvalue weighted by atomic mass is 10.0. The summed E-state index contributed by atoms with van der Waals surface area (Å²) in [5.74, 6) is 1.28. The van der Waals surface area contributed by atoms with E-state index in [1.165, 1.54) is 0 Å². The number of benzene rings is 1. The lowest BCUT2D eigenvalue weighted by Crippen LogP contribution is -2.37. The maximum atomic E-state index is 12.5. The van der Waals surface area contributed by atoms with Crippen molar-refractivity contribution < 1.29 is 14.3 Å². The van der Waals surface area contributed by atoms with Crippen LogP contribution in [-0.4, -0.2) is 61.4 Å². The fraction of sp³-hybridized carbons (Fsp3) is 0.579. The second-order valence-corrected chi connectivity index (χ2v) is 7.15. The van der Waals surface area contributed by atoms with Gasteiger partial charge in [0.15, 0.2) is 6.61 Å². The van der Waals surface area contributed by atoms with Crippen molar-refractivity contribution in [3.63, 3.8) is 0 Å². The van der Waals surface area contributed by atoms with Crippen molar-refractivity contribution in [2.75, 3.05) is 39.1 Å². The summed E-state index contributed by atoms with van der Waals surface area (Å²) in [6.07, 6.45) is 2.28. The molecule has 2 amide bonds. The topological polar surface area (TPSA) is 61.9 Å². The number of hydrogen-bond donors (Lipinski definition) is 1. The molecule has 0 unspecified atom stereocenters. The molecule has 1 aromatic rings. The Morgan fingerprint density at radius 2 is 2.12 bits per heavy atom. The molecule has 1 N–H and O–H groups in total. The average molecular weight is 345 g/mol. The molecule has 6 nitrogen and oxygen atoms in total. The Balaban J connectivity index is 1.57. The number of rotatable bonds is 5. The van der Waals surface area contributed by atoms with Crippen molar-refractivity contribution in [1.29, 1.82) is 0 Å². The second kappa shape index (κ2) is 7.44. The first-order chi connectivity index (χ1) is 12.0. The normalized spacial score (nSPS) is 22.7. The zero-order valence-electron chi connectivity index (χ0n) is 15.2. The summed E-state index contributed by atoms with van der Waals surface area (Å²) >= 11 is 0. The molecular formula is C19H27N3O3. The third kappa shape index (κ3) is 3.95. The number of nitrogens with one attached hydrogen (secondary N) is 1. The summed E-state index contributed by atoms with van der Waals surface area (Å²) in [6.45, 7) is 3.81. The quantitative estimate of drug-likeness (QED) is 0.883. The molecule has 0 bridgehead atoms. The van der Waals surface area contributed by atoms with Gasteiger partial charge in [0.1, 0.15) is 5.75 Å². The first-order valence-electron chi connectivity index (χ1n) is 8.97. The highest BCUT2D eigenvalue weighted by Crippen LogP contribution is 2.27. The standard InChI is InChI=1S/C19H27N3O3/c1-4-13-10-22(11-17(13)21(2)3)19(24)12-25-15-6-7-16-14(9-15)5-8-18(23)20-16/h6-7,9,13,17H,4-5,8,10-12H2,1-3H3,(H,20,23)/t13-,17+/m0/s1. The number of amides is 2. The molecule has 1 saturated heterocycles. The number of fused-ring (bicyclic) bond motifs is 1. The number of likely N-dealkylation sites (N-methyl/N-ethyl adjacent to an activating group) is 1. The number of nitrogens with zero attached hydrogens (tertiary/aromatic N) is 2. The van der Waals surface area contributed by atoms with Crippen molar-refractivity contribution in [3.8, 4) is 5.75 Å². The van der Waals surface area contributed by atoms with E-state index >= 15 is 0 Å². The summed E-state index contributed by atoms with van der Waals surface area (Å²) in [7, 11) is 4.15. The van der Waals surface area contributed by atoms with Gasteiger partial charge in [-0.2, -0.15) is 0 Å². The van der Waals surface area contributed by atoms with E-state index in [-0.39, 0.29) is 18.4 Å². The van der Waals surface area contributed by atoms with Crippen molar-refractivity contribution in [2.24, 2.45) is 5.92 Å². The highest BCUT2D eigenvalue weighted by molar-refractivity contribution is 5.94. The predicted octanol–water partition coefficient (Wildman–Crippen LogP) is 1.75. The summed E-state index contributed by atoms with van der Waals surface area (Å²) < 4.78 is 5.72. The number of hydrogen-bond acceptors (Lipinski definition) is 4. The number of likely N-dealkylation sites (tertiary alicyclic amines) is 1. The number of carbonyl (C=O) groups excluding carboxylic acids is 2. The molecular weight excluding hydrogens is 318 g/mol. The van der Waals surface area contributed by atoms with Gasteiger partial charge in [0, 0.05) is 31.2 Å². The minimum absolute atomic E-state index is 0.0359. The molecule has 0 aromatic heterocycles. The predicted molar refractivity (Wildman–Crippen MR) is 96.7 cm³/mol. The van der Waals surface area contributed by atoms with Gasteiger partial charge in [-0.3, -0.25) is 9.59 Å². The van der Waals surface area contributed by atoms with E-state index in [0.29, 0.717) is 30.6 Å². The number of ether oxygens (including phenoxy) is 1. The number of aryl methyl sites for hydroxylation is 1. The first kappa shape index (κ1) is 17.7.